The molecule has 1 aliphatic rings. The number of ether oxygens (including phenoxy) is 1. The van der Waals surface area contributed by atoms with E-state index in [4.69, 9.17) is 4.74 Å². The van der Waals surface area contributed by atoms with Gasteiger partial charge in [0, 0.05) is 22.2 Å². The van der Waals surface area contributed by atoms with Crippen LogP contribution in [0.2, 0.25) is 0 Å². The summed E-state index contributed by atoms with van der Waals surface area (Å²) in [6.07, 6.45) is -2.88. The van der Waals surface area contributed by atoms with Gasteiger partial charge in [0.25, 0.3) is 0 Å². The fourth-order valence-corrected chi connectivity index (χ4v) is 5.62. The largest absolute Gasteiger partial charge is 0.464 e. The Balaban J connectivity index is 1.74. The van der Waals surface area contributed by atoms with E-state index in [0.29, 0.717) is 27.7 Å². The highest BCUT2D eigenvalue weighted by Crippen LogP contribution is 2.51. The Hall–Kier alpha value is -2.88. The topological polar surface area (TPSA) is 65.4 Å². The number of hydrogen-bond donors (Lipinski definition) is 0. The number of fused-ring (bicyclic) bond motifs is 2. The summed E-state index contributed by atoms with van der Waals surface area (Å²) in [4.78, 5) is 11.6. The van der Waals surface area contributed by atoms with Gasteiger partial charge in [0.1, 0.15) is 12.4 Å². The highest BCUT2D eigenvalue weighted by molar-refractivity contribution is 7.92. The van der Waals surface area contributed by atoms with Gasteiger partial charge in [0.2, 0.25) is 16.0 Å². The Morgan fingerprint density at radius 1 is 1.18 bits per heavy atom. The van der Waals surface area contributed by atoms with Crippen LogP contribution in [0.1, 0.15) is 42.4 Å². The first-order valence-corrected chi connectivity index (χ1v) is 12.1. The summed E-state index contributed by atoms with van der Waals surface area (Å²) in [5.74, 6) is -0.807. The zero-order chi connectivity index (χ0) is 25.0. The Kier molecular flexibility index (Phi) is 6.00. The lowest BCUT2D eigenvalue weighted by atomic mass is 9.99. The monoisotopic (exact) mass is 497 g/mol. The van der Waals surface area contributed by atoms with E-state index >= 15 is 0 Å². The number of hydrogen-bond acceptors (Lipinski definition) is 4. The van der Waals surface area contributed by atoms with Crippen molar-refractivity contribution in [3.05, 3.63) is 64.6 Å². The summed E-state index contributed by atoms with van der Waals surface area (Å²) in [6, 6.07) is 7.52. The Bertz CT molecular complexity index is 1400. The third-order valence-electron chi connectivity index (χ3n) is 5.95. The van der Waals surface area contributed by atoms with Gasteiger partial charge in [-0.25, -0.2) is 17.2 Å². The molecule has 1 atom stereocenters. The molecule has 0 saturated heterocycles. The summed E-state index contributed by atoms with van der Waals surface area (Å²) in [7, 11) is -5.11. The molecular formula is C24H23F4NO4S. The summed E-state index contributed by atoms with van der Waals surface area (Å²) in [5.41, 5.74) is 1.59. The summed E-state index contributed by atoms with van der Waals surface area (Å²) in [6.45, 7) is 5.69. The van der Waals surface area contributed by atoms with Crippen LogP contribution >= 0.6 is 0 Å². The van der Waals surface area contributed by atoms with Crippen molar-refractivity contribution >= 4 is 26.7 Å². The Morgan fingerprint density at radius 3 is 2.56 bits per heavy atom. The van der Waals surface area contributed by atoms with Crippen molar-refractivity contribution in [3.63, 3.8) is 0 Å². The third-order valence-corrected chi connectivity index (χ3v) is 7.83. The van der Waals surface area contributed by atoms with E-state index in [1.54, 1.807) is 11.5 Å². The second-order valence-corrected chi connectivity index (χ2v) is 10.9. The molecule has 0 N–H and O–H groups in total. The highest BCUT2D eigenvalue weighted by Gasteiger charge is 2.61. The SMILES string of the molecule is Cc1c(Cc2ccc3c(c2)C(F)C(F)(F)S3(=O)=O)c2cc(F)ccc2n1CC(=O)OCC(C)C. The van der Waals surface area contributed by atoms with Crippen molar-refractivity contribution in [2.45, 2.75) is 50.1 Å². The molecule has 0 saturated carbocycles. The van der Waals surface area contributed by atoms with E-state index in [-0.39, 0.29) is 25.5 Å². The minimum atomic E-state index is -5.11. The number of sulfone groups is 1. The van der Waals surface area contributed by atoms with Gasteiger partial charge in [-0.2, -0.15) is 8.78 Å². The smallest absolute Gasteiger partial charge is 0.384 e. The predicted molar refractivity (Wildman–Crippen MR) is 118 cm³/mol. The van der Waals surface area contributed by atoms with Crippen LogP contribution in [0.5, 0.6) is 0 Å². The molecule has 2 heterocycles. The molecule has 5 nitrogen and oxygen atoms in total. The molecule has 34 heavy (non-hydrogen) atoms. The minimum absolute atomic E-state index is 0.0887. The van der Waals surface area contributed by atoms with Gasteiger partial charge in [-0.3, -0.25) is 4.79 Å². The van der Waals surface area contributed by atoms with Gasteiger partial charge in [-0.15, -0.1) is 0 Å². The molecule has 3 aromatic rings. The normalized spacial score (nSPS) is 18.4. The fourth-order valence-electron chi connectivity index (χ4n) is 4.20. The lowest BCUT2D eigenvalue weighted by molar-refractivity contribution is -0.145. The van der Waals surface area contributed by atoms with Gasteiger partial charge < -0.3 is 9.30 Å². The molecule has 0 spiro atoms. The average Bonchev–Trinajstić information content (AvgIpc) is 3.08. The number of esters is 1. The van der Waals surface area contributed by atoms with Gasteiger partial charge in [-0.1, -0.05) is 26.0 Å². The van der Waals surface area contributed by atoms with Crippen molar-refractivity contribution in [1.29, 1.82) is 0 Å². The molecule has 0 aliphatic carbocycles. The lowest BCUT2D eigenvalue weighted by Crippen LogP contribution is -2.26. The summed E-state index contributed by atoms with van der Waals surface area (Å²) >= 11 is 0. The van der Waals surface area contributed by atoms with Crippen LogP contribution < -0.4 is 0 Å². The molecule has 10 heteroatoms. The molecule has 2 aromatic carbocycles. The van der Waals surface area contributed by atoms with Crippen molar-refractivity contribution in [3.8, 4) is 0 Å². The number of rotatable bonds is 6. The molecule has 0 bridgehead atoms. The Morgan fingerprint density at radius 2 is 1.88 bits per heavy atom. The van der Waals surface area contributed by atoms with Crippen LogP contribution in [-0.4, -0.2) is 30.8 Å². The van der Waals surface area contributed by atoms with Gasteiger partial charge in [0.15, 0.2) is 0 Å². The number of carbonyl (C=O) groups is 1. The molecule has 1 unspecified atom stereocenters. The van der Waals surface area contributed by atoms with Crippen molar-refractivity contribution in [1.82, 2.24) is 4.57 Å². The molecule has 4 rings (SSSR count). The minimum Gasteiger partial charge on any atom is -0.464 e. The highest BCUT2D eigenvalue weighted by atomic mass is 32.2. The van der Waals surface area contributed by atoms with Gasteiger partial charge in [0.05, 0.1) is 11.5 Å². The van der Waals surface area contributed by atoms with Gasteiger partial charge in [-0.05, 0) is 54.7 Å². The first kappa shape index (κ1) is 24.3. The second-order valence-electron chi connectivity index (χ2n) is 8.87. The maximum Gasteiger partial charge on any atom is 0.384 e. The standard InChI is InChI=1S/C24H23F4NO4S/c1-13(2)12-33-22(30)11-29-14(3)17(18-10-16(25)5-6-20(18)29)8-15-4-7-21-19(9-15)23(26)24(27,28)34(21,31)32/h4-7,9-10,13,23H,8,11-12H2,1-3H3. The number of aromatic nitrogens is 1. The summed E-state index contributed by atoms with van der Waals surface area (Å²) < 4.78 is 87.2. The van der Waals surface area contributed by atoms with E-state index in [1.807, 2.05) is 13.8 Å². The molecule has 0 fully saturated rings. The lowest BCUT2D eigenvalue weighted by Gasteiger charge is -2.11. The van der Waals surface area contributed by atoms with Crippen LogP contribution in [-0.2, 0) is 32.3 Å². The van der Waals surface area contributed by atoms with Crippen LogP contribution in [0.3, 0.4) is 0 Å². The van der Waals surface area contributed by atoms with E-state index in [9.17, 15) is 30.8 Å². The zero-order valence-electron chi connectivity index (χ0n) is 18.7. The number of alkyl halides is 3. The van der Waals surface area contributed by atoms with E-state index in [2.05, 4.69) is 0 Å². The molecule has 182 valence electrons. The van der Waals surface area contributed by atoms with Crippen molar-refractivity contribution in [2.75, 3.05) is 6.61 Å². The second kappa shape index (κ2) is 8.41. The molecule has 0 amide bonds. The first-order chi connectivity index (χ1) is 15.8. The quantitative estimate of drug-likeness (QED) is 0.344. The van der Waals surface area contributed by atoms with Crippen LogP contribution in [0.4, 0.5) is 17.6 Å². The molecule has 0 radical (unpaired) electrons. The van der Waals surface area contributed by atoms with E-state index < -0.39 is 43.5 Å². The number of nitrogens with zero attached hydrogens (tertiary/aromatic N) is 1. The van der Waals surface area contributed by atoms with Gasteiger partial charge >= 0.3 is 11.2 Å². The maximum atomic E-state index is 14.3. The van der Waals surface area contributed by atoms with Crippen molar-refractivity contribution < 1.29 is 35.5 Å². The average molecular weight is 498 g/mol. The number of benzene rings is 2. The van der Waals surface area contributed by atoms with Crippen molar-refractivity contribution in [2.24, 2.45) is 5.92 Å². The summed E-state index contributed by atoms with van der Waals surface area (Å²) in [5, 5.41) is -4.02. The number of halogens is 4. The Labute approximate surface area is 194 Å². The first-order valence-electron chi connectivity index (χ1n) is 10.7. The van der Waals surface area contributed by atoms with Crippen LogP contribution in [0.25, 0.3) is 10.9 Å². The molecule has 1 aliphatic heterocycles. The molecule has 1 aromatic heterocycles. The zero-order valence-corrected chi connectivity index (χ0v) is 19.6. The number of carbonyl (C=O) groups excluding carboxylic acids is 1. The third kappa shape index (κ3) is 3.87. The van der Waals surface area contributed by atoms with Crippen LogP contribution in [0.15, 0.2) is 41.3 Å². The van der Waals surface area contributed by atoms with E-state index in [1.165, 1.54) is 24.3 Å². The predicted octanol–water partition coefficient (Wildman–Crippen LogP) is 5.27. The van der Waals surface area contributed by atoms with E-state index in [0.717, 1.165) is 12.1 Å². The fraction of sp³-hybridized carbons (Fsp3) is 0.375. The molecular weight excluding hydrogens is 474 g/mol. The van der Waals surface area contributed by atoms with Crippen LogP contribution in [0, 0.1) is 18.7 Å². The maximum absolute atomic E-state index is 14.3.